The van der Waals surface area contributed by atoms with Crippen molar-refractivity contribution in [1.29, 1.82) is 0 Å². The molecule has 0 heterocycles. The Bertz CT molecular complexity index is 474. The Balaban J connectivity index is 0.00000441. The summed E-state index contributed by atoms with van der Waals surface area (Å²) in [5.74, 6) is -0.680. The number of ether oxygens (including phenoxy) is 2. The molecule has 1 aromatic carbocycles. The van der Waals surface area contributed by atoms with Crippen LogP contribution in [0, 0.1) is 11.7 Å². The fraction of sp³-hybridized carbons (Fsp3) is 0.533. The summed E-state index contributed by atoms with van der Waals surface area (Å²) < 4.78 is 23.8. The number of nitrogens with one attached hydrogen (secondary N) is 1. The topological polar surface area (TPSA) is 73.6 Å². The number of carbonyl (C=O) groups is 1. The minimum Gasteiger partial charge on any atom is -0.488 e. The van der Waals surface area contributed by atoms with Crippen molar-refractivity contribution < 1.29 is 18.7 Å². The fourth-order valence-corrected chi connectivity index (χ4v) is 1.67. The van der Waals surface area contributed by atoms with Gasteiger partial charge >= 0.3 is 0 Å². The van der Waals surface area contributed by atoms with Gasteiger partial charge in [-0.2, -0.15) is 0 Å². The van der Waals surface area contributed by atoms with E-state index in [1.807, 2.05) is 13.8 Å². The second-order valence-electron chi connectivity index (χ2n) is 4.89. The van der Waals surface area contributed by atoms with Gasteiger partial charge in [-0.25, -0.2) is 4.39 Å². The van der Waals surface area contributed by atoms with Gasteiger partial charge in [0.05, 0.1) is 12.6 Å². The van der Waals surface area contributed by atoms with Gasteiger partial charge in [0, 0.05) is 18.9 Å². The summed E-state index contributed by atoms with van der Waals surface area (Å²) in [5.41, 5.74) is 6.18. The lowest BCUT2D eigenvalue weighted by molar-refractivity contribution is -0.118. The van der Waals surface area contributed by atoms with E-state index >= 15 is 0 Å². The van der Waals surface area contributed by atoms with Crippen LogP contribution in [0.2, 0.25) is 0 Å². The van der Waals surface area contributed by atoms with Crippen LogP contribution in [0.5, 0.6) is 5.75 Å². The first-order valence-corrected chi connectivity index (χ1v) is 6.97. The van der Waals surface area contributed by atoms with Crippen molar-refractivity contribution in [3.63, 3.8) is 0 Å². The fourth-order valence-electron chi connectivity index (χ4n) is 1.67. The van der Waals surface area contributed by atoms with Gasteiger partial charge in [-0.05, 0) is 18.1 Å². The Morgan fingerprint density at radius 3 is 2.64 bits per heavy atom. The molecule has 2 unspecified atom stereocenters. The molecule has 0 spiro atoms. The molecule has 2 atom stereocenters. The number of nitrogens with two attached hydrogens (primary N) is 1. The van der Waals surface area contributed by atoms with Gasteiger partial charge in [-0.3, -0.25) is 4.79 Å². The molecule has 0 radical (unpaired) electrons. The predicted octanol–water partition coefficient (Wildman–Crippen LogP) is 2.58. The molecule has 0 aliphatic carbocycles. The molecule has 0 aliphatic heterocycles. The van der Waals surface area contributed by atoms with Crippen LogP contribution in [-0.2, 0) is 9.53 Å². The van der Waals surface area contributed by atoms with Gasteiger partial charge in [0.2, 0.25) is 5.91 Å². The van der Waals surface area contributed by atoms with Gasteiger partial charge in [-0.15, -0.1) is 12.4 Å². The van der Waals surface area contributed by atoms with Crippen LogP contribution in [0.25, 0.3) is 0 Å². The lowest BCUT2D eigenvalue weighted by Crippen LogP contribution is -2.40. The van der Waals surface area contributed by atoms with E-state index in [4.69, 9.17) is 15.2 Å². The first-order valence-electron chi connectivity index (χ1n) is 6.97. The van der Waals surface area contributed by atoms with Crippen LogP contribution >= 0.6 is 12.4 Å². The molecule has 126 valence electrons. The summed E-state index contributed by atoms with van der Waals surface area (Å²) >= 11 is 0. The summed E-state index contributed by atoms with van der Waals surface area (Å²) in [7, 11) is 1.54. The van der Waals surface area contributed by atoms with E-state index in [2.05, 4.69) is 5.32 Å². The standard InChI is InChI=1S/C15H23FN2O3.ClH/c1-4-10(2)14(17)15(19)18-11-5-6-13(12(16)9-11)21-8-7-20-3;/h5-6,9-10,14H,4,7-8,17H2,1-3H3,(H,18,19);1H. The molecule has 3 N–H and O–H groups in total. The largest absolute Gasteiger partial charge is 0.488 e. The third kappa shape index (κ3) is 6.17. The summed E-state index contributed by atoms with van der Waals surface area (Å²) in [4.78, 5) is 11.9. The maximum Gasteiger partial charge on any atom is 0.241 e. The number of anilines is 1. The van der Waals surface area contributed by atoms with E-state index in [1.165, 1.54) is 12.1 Å². The molecule has 7 heteroatoms. The SMILES string of the molecule is CCC(C)C(N)C(=O)Nc1ccc(OCCOC)c(F)c1.Cl. The molecule has 1 aromatic rings. The third-order valence-corrected chi connectivity index (χ3v) is 3.30. The molecular formula is C15H24ClFN2O3. The molecule has 1 amide bonds. The number of carbonyl (C=O) groups excluding carboxylic acids is 1. The molecule has 0 aromatic heterocycles. The first kappa shape index (κ1) is 20.6. The van der Waals surface area contributed by atoms with E-state index < -0.39 is 11.9 Å². The highest BCUT2D eigenvalue weighted by molar-refractivity contribution is 5.94. The molecule has 5 nitrogen and oxygen atoms in total. The Labute approximate surface area is 136 Å². The number of hydrogen-bond acceptors (Lipinski definition) is 4. The molecule has 0 bridgehead atoms. The van der Waals surface area contributed by atoms with Crippen molar-refractivity contribution in [1.82, 2.24) is 0 Å². The number of hydrogen-bond donors (Lipinski definition) is 2. The molecule has 0 saturated heterocycles. The average Bonchev–Trinajstić information content (AvgIpc) is 2.48. The minimum atomic E-state index is -0.615. The van der Waals surface area contributed by atoms with E-state index in [1.54, 1.807) is 13.2 Å². The van der Waals surface area contributed by atoms with E-state index in [0.717, 1.165) is 6.42 Å². The Hall–Kier alpha value is -1.37. The van der Waals surface area contributed by atoms with Gasteiger partial charge in [0.1, 0.15) is 6.61 Å². The van der Waals surface area contributed by atoms with E-state index in [0.29, 0.717) is 12.3 Å². The lowest BCUT2D eigenvalue weighted by atomic mass is 9.99. The first-order chi connectivity index (χ1) is 9.99. The highest BCUT2D eigenvalue weighted by Gasteiger charge is 2.19. The molecular weight excluding hydrogens is 311 g/mol. The third-order valence-electron chi connectivity index (χ3n) is 3.30. The molecule has 1 rings (SSSR count). The van der Waals surface area contributed by atoms with Crippen LogP contribution in [0.3, 0.4) is 0 Å². The van der Waals surface area contributed by atoms with Gasteiger partial charge in [0.25, 0.3) is 0 Å². The van der Waals surface area contributed by atoms with Crippen molar-refractivity contribution in [3.8, 4) is 5.75 Å². The number of amides is 1. The van der Waals surface area contributed by atoms with E-state index in [9.17, 15) is 9.18 Å². The quantitative estimate of drug-likeness (QED) is 0.717. The van der Waals surface area contributed by atoms with Gasteiger partial charge in [0.15, 0.2) is 11.6 Å². The van der Waals surface area contributed by atoms with Crippen LogP contribution in [-0.4, -0.2) is 32.3 Å². The number of rotatable bonds is 8. The zero-order chi connectivity index (χ0) is 15.8. The van der Waals surface area contributed by atoms with Crippen LogP contribution in [0.4, 0.5) is 10.1 Å². The van der Waals surface area contributed by atoms with Crippen molar-refractivity contribution in [3.05, 3.63) is 24.0 Å². The number of halogens is 2. The molecule has 22 heavy (non-hydrogen) atoms. The minimum absolute atomic E-state index is 0. The zero-order valence-corrected chi connectivity index (χ0v) is 13.9. The van der Waals surface area contributed by atoms with Crippen molar-refractivity contribution in [2.75, 3.05) is 25.6 Å². The molecule has 0 fully saturated rings. The van der Waals surface area contributed by atoms with Crippen LogP contribution in [0.1, 0.15) is 20.3 Å². The maximum atomic E-state index is 13.8. The molecule has 0 aliphatic rings. The summed E-state index contributed by atoms with van der Waals surface area (Å²) in [6.07, 6.45) is 0.801. The second-order valence-corrected chi connectivity index (χ2v) is 4.89. The maximum absolute atomic E-state index is 13.8. The highest BCUT2D eigenvalue weighted by Crippen LogP contribution is 2.21. The van der Waals surface area contributed by atoms with E-state index in [-0.39, 0.29) is 36.6 Å². The number of methoxy groups -OCH3 is 1. The predicted molar refractivity (Wildman–Crippen MR) is 87.1 cm³/mol. The van der Waals surface area contributed by atoms with Crippen molar-refractivity contribution in [2.24, 2.45) is 11.7 Å². The second kappa shape index (κ2) is 10.4. The number of benzene rings is 1. The van der Waals surface area contributed by atoms with Crippen LogP contribution in [0.15, 0.2) is 18.2 Å². The Morgan fingerprint density at radius 2 is 2.09 bits per heavy atom. The zero-order valence-electron chi connectivity index (χ0n) is 13.1. The highest BCUT2D eigenvalue weighted by atomic mass is 35.5. The van der Waals surface area contributed by atoms with Crippen LogP contribution < -0.4 is 15.8 Å². The molecule has 0 saturated carbocycles. The lowest BCUT2D eigenvalue weighted by Gasteiger charge is -2.18. The average molecular weight is 335 g/mol. The van der Waals surface area contributed by atoms with Gasteiger partial charge < -0.3 is 20.5 Å². The Morgan fingerprint density at radius 1 is 1.41 bits per heavy atom. The summed E-state index contributed by atoms with van der Waals surface area (Å²) in [6.45, 7) is 4.50. The summed E-state index contributed by atoms with van der Waals surface area (Å²) in [6, 6.07) is 3.64. The van der Waals surface area contributed by atoms with Gasteiger partial charge in [-0.1, -0.05) is 20.3 Å². The van der Waals surface area contributed by atoms with Crippen molar-refractivity contribution in [2.45, 2.75) is 26.3 Å². The summed E-state index contributed by atoms with van der Waals surface area (Å²) in [5, 5.41) is 2.61. The monoisotopic (exact) mass is 334 g/mol. The normalized spacial score (nSPS) is 13.0. The van der Waals surface area contributed by atoms with Crippen molar-refractivity contribution >= 4 is 24.0 Å². The Kier molecular flexibility index (Phi) is 9.73. The smallest absolute Gasteiger partial charge is 0.241 e.